The number of aryl methyl sites for hydroxylation is 2. The van der Waals surface area contributed by atoms with Gasteiger partial charge in [0.25, 0.3) is 0 Å². The molecule has 0 aliphatic rings. The fourth-order valence-electron chi connectivity index (χ4n) is 1.34. The van der Waals surface area contributed by atoms with E-state index < -0.39 is 11.7 Å². The van der Waals surface area contributed by atoms with Crippen molar-refractivity contribution in [2.24, 2.45) is 0 Å². The number of hydrogen-bond acceptors (Lipinski definition) is 0. The minimum atomic E-state index is -4.28. The van der Waals surface area contributed by atoms with Gasteiger partial charge in [0.15, 0.2) is 0 Å². The fourth-order valence-corrected chi connectivity index (χ4v) is 1.34. The van der Waals surface area contributed by atoms with Crippen molar-refractivity contribution in [3.63, 3.8) is 0 Å². The first-order chi connectivity index (χ1) is 6.49. The van der Waals surface area contributed by atoms with Crippen LogP contribution in [-0.2, 0) is 19.0 Å². The zero-order chi connectivity index (χ0) is 10.8. The van der Waals surface area contributed by atoms with Crippen molar-refractivity contribution in [2.75, 3.05) is 0 Å². The molecule has 1 radical (unpaired) electrons. The monoisotopic (exact) mass is 201 g/mol. The predicted octanol–water partition coefficient (Wildman–Crippen LogP) is 3.63. The van der Waals surface area contributed by atoms with E-state index in [1.807, 2.05) is 6.92 Å². The van der Waals surface area contributed by atoms with Crippen LogP contribution in [0, 0.1) is 6.07 Å². The first-order valence-electron chi connectivity index (χ1n) is 4.59. The average Bonchev–Trinajstić information content (AvgIpc) is 2.15. The predicted molar refractivity (Wildman–Crippen MR) is 49.0 cm³/mol. The smallest absolute Gasteiger partial charge is 0.166 e. The normalized spacial score (nSPS) is 11.8. The summed E-state index contributed by atoms with van der Waals surface area (Å²) >= 11 is 0. The highest BCUT2D eigenvalue weighted by molar-refractivity contribution is 5.33. The van der Waals surface area contributed by atoms with Crippen LogP contribution in [0.25, 0.3) is 0 Å². The highest BCUT2D eigenvalue weighted by Gasteiger charge is 2.32. The maximum Gasteiger partial charge on any atom is 0.417 e. The summed E-state index contributed by atoms with van der Waals surface area (Å²) in [5.74, 6) is 0. The molecule has 77 valence electrons. The van der Waals surface area contributed by atoms with E-state index >= 15 is 0 Å². The van der Waals surface area contributed by atoms with Gasteiger partial charge in [0.2, 0.25) is 0 Å². The van der Waals surface area contributed by atoms with E-state index in [2.05, 4.69) is 6.07 Å². The van der Waals surface area contributed by atoms with E-state index in [0.717, 1.165) is 12.0 Å². The molecule has 0 heterocycles. The van der Waals surface area contributed by atoms with Crippen LogP contribution < -0.4 is 0 Å². The molecule has 0 aliphatic heterocycles. The second-order valence-electron chi connectivity index (χ2n) is 3.11. The van der Waals surface area contributed by atoms with Crippen LogP contribution in [0.15, 0.2) is 12.1 Å². The van der Waals surface area contributed by atoms with Gasteiger partial charge >= 0.3 is 6.18 Å². The van der Waals surface area contributed by atoms with Crippen LogP contribution >= 0.6 is 0 Å². The van der Waals surface area contributed by atoms with Crippen LogP contribution in [0.4, 0.5) is 13.2 Å². The van der Waals surface area contributed by atoms with Gasteiger partial charge in [-0.05, 0) is 30.0 Å². The second-order valence-corrected chi connectivity index (χ2v) is 3.11. The number of halogens is 3. The van der Waals surface area contributed by atoms with Gasteiger partial charge in [-0.2, -0.15) is 13.2 Å². The van der Waals surface area contributed by atoms with Gasteiger partial charge in [-0.1, -0.05) is 26.0 Å². The van der Waals surface area contributed by atoms with Crippen LogP contribution in [0.1, 0.15) is 30.5 Å². The SMILES string of the molecule is CCc1c[c]c(C(F)(F)F)c(CC)c1. The minimum Gasteiger partial charge on any atom is -0.166 e. The quantitative estimate of drug-likeness (QED) is 0.685. The Kier molecular flexibility index (Phi) is 3.19. The lowest BCUT2D eigenvalue weighted by Gasteiger charge is -2.12. The van der Waals surface area contributed by atoms with Crippen LogP contribution in [-0.4, -0.2) is 0 Å². The Morgan fingerprint density at radius 3 is 2.29 bits per heavy atom. The van der Waals surface area contributed by atoms with E-state index in [1.165, 1.54) is 6.07 Å². The highest BCUT2D eigenvalue weighted by Crippen LogP contribution is 2.32. The molecular formula is C11H12F3. The molecule has 0 fully saturated rings. The summed E-state index contributed by atoms with van der Waals surface area (Å²) in [5.41, 5.74) is 0.601. The van der Waals surface area contributed by atoms with E-state index in [4.69, 9.17) is 0 Å². The summed E-state index contributed by atoms with van der Waals surface area (Å²) in [6.07, 6.45) is -3.15. The van der Waals surface area contributed by atoms with Crippen molar-refractivity contribution < 1.29 is 13.2 Å². The molecule has 0 saturated heterocycles. The molecule has 0 bridgehead atoms. The summed E-state index contributed by atoms with van der Waals surface area (Å²) in [6, 6.07) is 5.35. The third-order valence-corrected chi connectivity index (χ3v) is 2.16. The maximum atomic E-state index is 12.4. The van der Waals surface area contributed by atoms with Gasteiger partial charge in [0, 0.05) is 0 Å². The molecule has 0 amide bonds. The number of rotatable bonds is 2. The Balaban J connectivity index is 3.18. The molecule has 0 aromatic heterocycles. The molecule has 14 heavy (non-hydrogen) atoms. The zero-order valence-corrected chi connectivity index (χ0v) is 8.20. The summed E-state index contributed by atoms with van der Waals surface area (Å²) in [5, 5.41) is 0. The Labute approximate surface area is 81.8 Å². The lowest BCUT2D eigenvalue weighted by molar-refractivity contribution is -0.138. The summed E-state index contributed by atoms with van der Waals surface area (Å²) in [4.78, 5) is 0. The van der Waals surface area contributed by atoms with Gasteiger partial charge < -0.3 is 0 Å². The molecule has 0 N–H and O–H groups in total. The molecule has 0 unspecified atom stereocenters. The number of hydrogen-bond donors (Lipinski definition) is 0. The van der Waals surface area contributed by atoms with Crippen molar-refractivity contribution in [2.45, 2.75) is 32.9 Å². The largest absolute Gasteiger partial charge is 0.417 e. The van der Waals surface area contributed by atoms with Gasteiger partial charge in [-0.3, -0.25) is 0 Å². The fraction of sp³-hybridized carbons (Fsp3) is 0.455. The van der Waals surface area contributed by atoms with Gasteiger partial charge in [-0.25, -0.2) is 0 Å². The van der Waals surface area contributed by atoms with Crippen molar-refractivity contribution in [1.29, 1.82) is 0 Å². The van der Waals surface area contributed by atoms with Crippen LogP contribution in [0.5, 0.6) is 0 Å². The molecule has 0 spiro atoms. The van der Waals surface area contributed by atoms with Crippen molar-refractivity contribution >= 4 is 0 Å². The lowest BCUT2D eigenvalue weighted by atomic mass is 10.0. The molecule has 1 aromatic rings. The van der Waals surface area contributed by atoms with E-state index in [-0.39, 0.29) is 0 Å². The third-order valence-electron chi connectivity index (χ3n) is 2.16. The van der Waals surface area contributed by atoms with Gasteiger partial charge in [0.05, 0.1) is 5.56 Å². The Morgan fingerprint density at radius 1 is 1.21 bits per heavy atom. The molecule has 3 heteroatoms. The van der Waals surface area contributed by atoms with Crippen molar-refractivity contribution in [3.8, 4) is 0 Å². The Morgan fingerprint density at radius 2 is 1.86 bits per heavy atom. The van der Waals surface area contributed by atoms with Crippen LogP contribution in [0.2, 0.25) is 0 Å². The molecule has 0 nitrogen and oxygen atoms in total. The average molecular weight is 201 g/mol. The van der Waals surface area contributed by atoms with Crippen LogP contribution in [0.3, 0.4) is 0 Å². The molecule has 0 atom stereocenters. The molecule has 0 saturated carbocycles. The van der Waals surface area contributed by atoms with Crippen molar-refractivity contribution in [1.82, 2.24) is 0 Å². The lowest BCUT2D eigenvalue weighted by Crippen LogP contribution is -2.09. The summed E-state index contributed by atoms with van der Waals surface area (Å²) in [7, 11) is 0. The standard InChI is InChI=1S/C11H12F3/c1-3-8-5-6-10(11(12,13)14)9(4-2)7-8/h5,7H,3-4H2,1-2H3. The van der Waals surface area contributed by atoms with E-state index in [0.29, 0.717) is 12.0 Å². The molecular weight excluding hydrogens is 189 g/mol. The first kappa shape index (κ1) is 11.1. The molecule has 1 rings (SSSR count). The molecule has 0 aliphatic carbocycles. The first-order valence-corrected chi connectivity index (χ1v) is 4.59. The van der Waals surface area contributed by atoms with Gasteiger partial charge in [0.1, 0.15) is 0 Å². The Bertz CT molecular complexity index is 313. The minimum absolute atomic E-state index is 0.330. The highest BCUT2D eigenvalue weighted by atomic mass is 19.4. The van der Waals surface area contributed by atoms with Gasteiger partial charge in [-0.15, -0.1) is 0 Å². The third kappa shape index (κ3) is 2.28. The van der Waals surface area contributed by atoms with E-state index in [9.17, 15) is 13.2 Å². The maximum absolute atomic E-state index is 12.4. The topological polar surface area (TPSA) is 0 Å². The Hall–Kier alpha value is -0.990. The second kappa shape index (κ2) is 4.03. The van der Waals surface area contributed by atoms with E-state index in [1.54, 1.807) is 13.0 Å². The number of alkyl halides is 3. The summed E-state index contributed by atoms with van der Waals surface area (Å²) < 4.78 is 37.3. The zero-order valence-electron chi connectivity index (χ0n) is 8.20. The summed E-state index contributed by atoms with van der Waals surface area (Å²) in [6.45, 7) is 3.63. The number of benzene rings is 1. The molecule has 1 aromatic carbocycles. The van der Waals surface area contributed by atoms with Crippen molar-refractivity contribution in [3.05, 3.63) is 34.9 Å².